The number of sulfonamides is 1. The van der Waals surface area contributed by atoms with E-state index in [2.05, 4.69) is 10.3 Å². The number of nitrogens with two attached hydrogens (primary N) is 1. The number of hydrogen-bond acceptors (Lipinski definition) is 6. The van der Waals surface area contributed by atoms with Gasteiger partial charge in [-0.05, 0) is 42.5 Å². The van der Waals surface area contributed by atoms with E-state index in [0.29, 0.717) is 20.4 Å². The van der Waals surface area contributed by atoms with Gasteiger partial charge in [0.25, 0.3) is 0 Å². The van der Waals surface area contributed by atoms with Gasteiger partial charge in [-0.3, -0.25) is 4.79 Å². The zero-order valence-corrected chi connectivity index (χ0v) is 15.8. The topological polar surface area (TPSA) is 102 Å². The Labute approximate surface area is 157 Å². The molecule has 2 aromatic carbocycles. The van der Waals surface area contributed by atoms with Crippen LogP contribution in [0.1, 0.15) is 0 Å². The van der Waals surface area contributed by atoms with Crippen LogP contribution >= 0.6 is 34.7 Å². The zero-order valence-electron chi connectivity index (χ0n) is 12.6. The number of hydrogen-bond donors (Lipinski definition) is 2. The second-order valence-electron chi connectivity index (χ2n) is 4.98. The number of anilines is 1. The van der Waals surface area contributed by atoms with Crippen LogP contribution in [0.5, 0.6) is 0 Å². The highest BCUT2D eigenvalue weighted by Crippen LogP contribution is 2.28. The van der Waals surface area contributed by atoms with Crippen LogP contribution in [-0.4, -0.2) is 25.1 Å². The fraction of sp³-hybridized carbons (Fsp3) is 0.0667. The summed E-state index contributed by atoms with van der Waals surface area (Å²) in [6, 6.07) is 11.6. The van der Waals surface area contributed by atoms with E-state index < -0.39 is 10.0 Å². The van der Waals surface area contributed by atoms with Gasteiger partial charge in [-0.2, -0.15) is 0 Å². The number of thiazole rings is 1. The van der Waals surface area contributed by atoms with E-state index >= 15 is 0 Å². The van der Waals surface area contributed by atoms with E-state index in [4.69, 9.17) is 16.7 Å². The number of amides is 1. The molecule has 0 saturated carbocycles. The van der Waals surface area contributed by atoms with Gasteiger partial charge in [0.1, 0.15) is 0 Å². The average molecular weight is 414 g/mol. The lowest BCUT2D eigenvalue weighted by Gasteiger charge is -2.02. The Bertz CT molecular complexity index is 1030. The van der Waals surface area contributed by atoms with Crippen LogP contribution in [0.15, 0.2) is 52.3 Å². The molecule has 0 saturated heterocycles. The number of primary sulfonamides is 1. The largest absolute Gasteiger partial charge is 0.301 e. The van der Waals surface area contributed by atoms with Crippen molar-refractivity contribution < 1.29 is 13.2 Å². The molecule has 0 unspecified atom stereocenters. The Balaban J connectivity index is 1.67. The molecule has 6 nitrogen and oxygen atoms in total. The SMILES string of the molecule is NS(=O)(=O)c1ccc2nc(NC(=O)CSc3ccc(Cl)cc3)sc2c1. The molecule has 3 aromatic rings. The third-order valence-corrected chi connectivity index (χ3v) is 6.23. The minimum atomic E-state index is -3.77. The van der Waals surface area contributed by atoms with E-state index in [1.54, 1.807) is 18.2 Å². The molecular formula is C15H12ClN3O3S3. The number of thioether (sulfide) groups is 1. The molecule has 25 heavy (non-hydrogen) atoms. The summed E-state index contributed by atoms with van der Waals surface area (Å²) in [7, 11) is -3.77. The highest BCUT2D eigenvalue weighted by molar-refractivity contribution is 8.00. The third kappa shape index (κ3) is 4.71. The highest BCUT2D eigenvalue weighted by atomic mass is 35.5. The van der Waals surface area contributed by atoms with Gasteiger partial charge in [-0.15, -0.1) is 11.8 Å². The molecule has 3 N–H and O–H groups in total. The average Bonchev–Trinajstić information content (AvgIpc) is 2.94. The van der Waals surface area contributed by atoms with Gasteiger partial charge in [0.05, 0.1) is 20.9 Å². The van der Waals surface area contributed by atoms with Crippen LogP contribution in [0, 0.1) is 0 Å². The first kappa shape index (κ1) is 18.2. The molecule has 0 radical (unpaired) electrons. The minimum absolute atomic E-state index is 0.0137. The molecule has 1 aromatic heterocycles. The van der Waals surface area contributed by atoms with Gasteiger partial charge in [0, 0.05) is 9.92 Å². The molecule has 10 heteroatoms. The number of halogens is 1. The summed E-state index contributed by atoms with van der Waals surface area (Å²) in [6.45, 7) is 0. The van der Waals surface area contributed by atoms with Crippen molar-refractivity contribution in [3.8, 4) is 0 Å². The van der Waals surface area contributed by atoms with Crippen LogP contribution in [0.3, 0.4) is 0 Å². The van der Waals surface area contributed by atoms with E-state index in [1.807, 2.05) is 12.1 Å². The second kappa shape index (κ2) is 7.30. The predicted molar refractivity (Wildman–Crippen MR) is 102 cm³/mol. The molecule has 0 fully saturated rings. The lowest BCUT2D eigenvalue weighted by Crippen LogP contribution is -2.13. The van der Waals surface area contributed by atoms with Gasteiger partial charge < -0.3 is 5.32 Å². The Hall–Kier alpha value is -1.65. The summed E-state index contributed by atoms with van der Waals surface area (Å²) in [5.41, 5.74) is 0.595. The summed E-state index contributed by atoms with van der Waals surface area (Å²) in [6.07, 6.45) is 0. The Morgan fingerprint density at radius 2 is 1.96 bits per heavy atom. The number of nitrogens with one attached hydrogen (secondary N) is 1. The molecule has 0 atom stereocenters. The minimum Gasteiger partial charge on any atom is -0.301 e. The summed E-state index contributed by atoms with van der Waals surface area (Å²) < 4.78 is 23.4. The normalized spacial score (nSPS) is 11.6. The number of fused-ring (bicyclic) bond motifs is 1. The van der Waals surface area contributed by atoms with E-state index in [9.17, 15) is 13.2 Å². The van der Waals surface area contributed by atoms with E-state index in [-0.39, 0.29) is 16.6 Å². The molecule has 0 spiro atoms. The third-order valence-electron chi connectivity index (χ3n) is 3.12. The molecule has 1 heterocycles. The molecule has 0 aliphatic heterocycles. The van der Waals surface area contributed by atoms with Crippen LogP contribution < -0.4 is 10.5 Å². The van der Waals surface area contributed by atoms with Crippen molar-refractivity contribution >= 4 is 66.0 Å². The predicted octanol–water partition coefficient (Wildman–Crippen LogP) is 3.33. The fourth-order valence-corrected chi connectivity index (χ4v) is 4.33. The van der Waals surface area contributed by atoms with Crippen LogP contribution in [0.4, 0.5) is 5.13 Å². The van der Waals surface area contributed by atoms with Gasteiger partial charge in [-0.1, -0.05) is 22.9 Å². The number of carbonyl (C=O) groups is 1. The zero-order chi connectivity index (χ0) is 18.0. The summed E-state index contributed by atoms with van der Waals surface area (Å²) in [5, 5.41) is 8.87. The van der Waals surface area contributed by atoms with Crippen molar-refractivity contribution in [3.05, 3.63) is 47.5 Å². The van der Waals surface area contributed by atoms with Crippen molar-refractivity contribution in [1.29, 1.82) is 0 Å². The number of nitrogens with zero attached hydrogens (tertiary/aromatic N) is 1. The van der Waals surface area contributed by atoms with Crippen LogP contribution in [0.2, 0.25) is 5.02 Å². The van der Waals surface area contributed by atoms with Crippen molar-refractivity contribution in [2.45, 2.75) is 9.79 Å². The first-order valence-electron chi connectivity index (χ1n) is 6.93. The van der Waals surface area contributed by atoms with Crippen molar-refractivity contribution in [3.63, 3.8) is 0 Å². The Kier molecular flexibility index (Phi) is 5.30. The Morgan fingerprint density at radius 3 is 2.64 bits per heavy atom. The molecule has 0 bridgehead atoms. The maximum absolute atomic E-state index is 12.0. The number of carbonyl (C=O) groups excluding carboxylic acids is 1. The van der Waals surface area contributed by atoms with Crippen LogP contribution in [-0.2, 0) is 14.8 Å². The highest BCUT2D eigenvalue weighted by Gasteiger charge is 2.12. The molecule has 0 aliphatic rings. The lowest BCUT2D eigenvalue weighted by molar-refractivity contribution is -0.113. The molecule has 0 aliphatic carbocycles. The van der Waals surface area contributed by atoms with Crippen molar-refractivity contribution in [1.82, 2.24) is 4.98 Å². The summed E-state index contributed by atoms with van der Waals surface area (Å²) in [4.78, 5) is 17.3. The monoisotopic (exact) mass is 413 g/mol. The Morgan fingerprint density at radius 1 is 1.24 bits per heavy atom. The van der Waals surface area contributed by atoms with Gasteiger partial charge in [0.15, 0.2) is 5.13 Å². The molecule has 130 valence electrons. The summed E-state index contributed by atoms with van der Waals surface area (Å²) >= 11 is 8.39. The first-order valence-corrected chi connectivity index (χ1v) is 10.7. The van der Waals surface area contributed by atoms with Gasteiger partial charge in [-0.25, -0.2) is 18.5 Å². The van der Waals surface area contributed by atoms with Crippen molar-refractivity contribution in [2.75, 3.05) is 11.1 Å². The fourth-order valence-electron chi connectivity index (χ4n) is 1.97. The molecule has 3 rings (SSSR count). The lowest BCUT2D eigenvalue weighted by atomic mass is 10.3. The van der Waals surface area contributed by atoms with Gasteiger partial charge >= 0.3 is 0 Å². The maximum atomic E-state index is 12.0. The number of aromatic nitrogens is 1. The number of benzene rings is 2. The molecular weight excluding hydrogens is 402 g/mol. The van der Waals surface area contributed by atoms with E-state index in [0.717, 1.165) is 4.90 Å². The van der Waals surface area contributed by atoms with E-state index in [1.165, 1.54) is 35.2 Å². The number of rotatable bonds is 5. The maximum Gasteiger partial charge on any atom is 0.238 e. The standard InChI is InChI=1S/C15H12ClN3O3S3/c16-9-1-3-10(4-2-9)23-8-14(20)19-15-18-12-6-5-11(25(17,21)22)7-13(12)24-15/h1-7H,8H2,(H2,17,21,22)(H,18,19,20). The quantitative estimate of drug-likeness (QED) is 0.624. The van der Waals surface area contributed by atoms with Gasteiger partial charge in [0.2, 0.25) is 15.9 Å². The van der Waals surface area contributed by atoms with Crippen LogP contribution in [0.25, 0.3) is 10.2 Å². The second-order valence-corrected chi connectivity index (χ2v) is 9.06. The molecule has 1 amide bonds. The van der Waals surface area contributed by atoms with Crippen molar-refractivity contribution in [2.24, 2.45) is 5.14 Å². The summed E-state index contributed by atoms with van der Waals surface area (Å²) in [5.74, 6) is 0.0191. The first-order chi connectivity index (χ1) is 11.8. The smallest absolute Gasteiger partial charge is 0.238 e.